The summed E-state index contributed by atoms with van der Waals surface area (Å²) in [5.74, 6) is -0.265. The molecule has 2 nitrogen and oxygen atoms in total. The Morgan fingerprint density at radius 3 is 2.30 bits per heavy atom. The first-order chi connectivity index (χ1) is 9.49. The van der Waals surface area contributed by atoms with Crippen molar-refractivity contribution >= 4 is 29.1 Å². The molecule has 0 aliphatic rings. The van der Waals surface area contributed by atoms with E-state index < -0.39 is 0 Å². The fourth-order valence-corrected chi connectivity index (χ4v) is 2.47. The first-order valence-electron chi connectivity index (χ1n) is 6.27. The highest BCUT2D eigenvalue weighted by molar-refractivity contribution is 6.39. The molecule has 20 heavy (non-hydrogen) atoms. The molecule has 0 aromatic heterocycles. The fraction of sp³-hybridized carbons (Fsp3) is 0.188. The van der Waals surface area contributed by atoms with Crippen molar-refractivity contribution in [3.63, 3.8) is 0 Å². The van der Waals surface area contributed by atoms with Crippen LogP contribution >= 0.6 is 23.2 Å². The number of nitrogens with one attached hydrogen (secondary N) is 1. The molecule has 0 bridgehead atoms. The summed E-state index contributed by atoms with van der Waals surface area (Å²) in [5, 5.41) is 3.55. The molecule has 2 aromatic carbocycles. The number of hydrogen-bond donors (Lipinski definition) is 1. The quantitative estimate of drug-likeness (QED) is 0.886. The molecule has 0 radical (unpaired) electrons. The highest BCUT2D eigenvalue weighted by Crippen LogP contribution is 2.24. The fourth-order valence-electron chi connectivity index (χ4n) is 1.90. The zero-order chi connectivity index (χ0) is 14.7. The van der Waals surface area contributed by atoms with Crippen LogP contribution in [0.25, 0.3) is 0 Å². The number of benzene rings is 2. The molecule has 0 unspecified atom stereocenters. The molecule has 0 atom stereocenters. The molecule has 2 aromatic rings. The second-order valence-electron chi connectivity index (χ2n) is 4.70. The molecule has 2 rings (SSSR count). The smallest absolute Gasteiger partial charge is 0.254 e. The molecular formula is C16H15Cl2NO. The molecule has 0 aliphatic heterocycles. The van der Waals surface area contributed by atoms with E-state index in [0.29, 0.717) is 22.2 Å². The van der Waals surface area contributed by atoms with Gasteiger partial charge in [-0.2, -0.15) is 0 Å². The van der Waals surface area contributed by atoms with Crippen molar-refractivity contribution in [3.8, 4) is 0 Å². The maximum Gasteiger partial charge on any atom is 0.254 e. The Morgan fingerprint density at radius 2 is 1.70 bits per heavy atom. The molecule has 1 amide bonds. The Balaban J connectivity index is 2.11. The topological polar surface area (TPSA) is 29.1 Å². The molecule has 4 heteroatoms. The lowest BCUT2D eigenvalue weighted by Crippen LogP contribution is -2.23. The third-order valence-electron chi connectivity index (χ3n) is 3.21. The summed E-state index contributed by atoms with van der Waals surface area (Å²) in [7, 11) is 0. The van der Waals surface area contributed by atoms with Crippen LogP contribution in [0.5, 0.6) is 0 Å². The monoisotopic (exact) mass is 307 g/mol. The number of halogens is 2. The number of amides is 1. The minimum atomic E-state index is -0.265. The number of hydrogen-bond acceptors (Lipinski definition) is 1. The van der Waals surface area contributed by atoms with Crippen molar-refractivity contribution in [3.05, 3.63) is 68.7 Å². The zero-order valence-electron chi connectivity index (χ0n) is 11.3. The van der Waals surface area contributed by atoms with Crippen LogP contribution < -0.4 is 5.32 Å². The van der Waals surface area contributed by atoms with Crippen molar-refractivity contribution in [2.75, 3.05) is 0 Å². The Kier molecular flexibility index (Phi) is 4.69. The van der Waals surface area contributed by atoms with Crippen molar-refractivity contribution in [2.24, 2.45) is 0 Å². The van der Waals surface area contributed by atoms with Gasteiger partial charge in [0.05, 0.1) is 15.6 Å². The molecule has 0 aliphatic carbocycles. The van der Waals surface area contributed by atoms with Gasteiger partial charge < -0.3 is 5.32 Å². The molecule has 0 saturated heterocycles. The van der Waals surface area contributed by atoms with E-state index in [2.05, 4.69) is 18.3 Å². The lowest BCUT2D eigenvalue weighted by Gasteiger charge is -2.09. The van der Waals surface area contributed by atoms with Crippen LogP contribution in [0.15, 0.2) is 36.4 Å². The maximum atomic E-state index is 12.1. The summed E-state index contributed by atoms with van der Waals surface area (Å²) in [6.45, 7) is 4.55. The summed E-state index contributed by atoms with van der Waals surface area (Å²) < 4.78 is 0. The predicted octanol–water partition coefficient (Wildman–Crippen LogP) is 4.54. The summed E-state index contributed by atoms with van der Waals surface area (Å²) in [6.07, 6.45) is 0. The average Bonchev–Trinajstić information content (AvgIpc) is 2.40. The van der Waals surface area contributed by atoms with Crippen molar-refractivity contribution < 1.29 is 4.79 Å². The zero-order valence-corrected chi connectivity index (χ0v) is 12.8. The van der Waals surface area contributed by atoms with E-state index in [1.54, 1.807) is 18.2 Å². The van der Waals surface area contributed by atoms with Gasteiger partial charge in [0.15, 0.2) is 0 Å². The first-order valence-corrected chi connectivity index (χ1v) is 7.03. The standard InChI is InChI=1S/C16H15Cl2NO/c1-10-6-7-12(8-11(10)2)9-19-16(20)15-13(17)4-3-5-14(15)18/h3-8H,9H2,1-2H3,(H,19,20). The van der Waals surface area contributed by atoms with Crippen LogP contribution in [0, 0.1) is 13.8 Å². The number of rotatable bonds is 3. The summed E-state index contributed by atoms with van der Waals surface area (Å²) in [6, 6.07) is 11.1. The Hall–Kier alpha value is -1.51. The van der Waals surface area contributed by atoms with Crippen LogP contribution in [0.4, 0.5) is 0 Å². The van der Waals surface area contributed by atoms with E-state index in [9.17, 15) is 4.79 Å². The number of carbonyl (C=O) groups excluding carboxylic acids is 1. The van der Waals surface area contributed by atoms with E-state index in [-0.39, 0.29) is 5.91 Å². The van der Waals surface area contributed by atoms with Gasteiger partial charge in [0.25, 0.3) is 5.91 Å². The lowest BCUT2D eigenvalue weighted by atomic mass is 10.1. The minimum absolute atomic E-state index is 0.265. The van der Waals surface area contributed by atoms with E-state index in [0.717, 1.165) is 5.56 Å². The van der Waals surface area contributed by atoms with Crippen LogP contribution in [0.2, 0.25) is 10.0 Å². The van der Waals surface area contributed by atoms with E-state index >= 15 is 0 Å². The molecule has 0 saturated carbocycles. The van der Waals surface area contributed by atoms with E-state index in [1.165, 1.54) is 11.1 Å². The Labute approximate surface area is 128 Å². The number of aryl methyl sites for hydroxylation is 2. The van der Waals surface area contributed by atoms with Crippen LogP contribution in [0.3, 0.4) is 0 Å². The Bertz CT molecular complexity index is 633. The van der Waals surface area contributed by atoms with E-state index in [1.807, 2.05) is 19.1 Å². The second-order valence-corrected chi connectivity index (χ2v) is 5.51. The summed E-state index contributed by atoms with van der Waals surface area (Å²) in [4.78, 5) is 12.1. The van der Waals surface area contributed by atoms with Gasteiger partial charge in [0.1, 0.15) is 0 Å². The second kappa shape index (κ2) is 6.29. The minimum Gasteiger partial charge on any atom is -0.348 e. The van der Waals surface area contributed by atoms with Crippen LogP contribution in [-0.4, -0.2) is 5.91 Å². The summed E-state index contributed by atoms with van der Waals surface area (Å²) in [5.41, 5.74) is 3.80. The molecular weight excluding hydrogens is 293 g/mol. The molecule has 104 valence electrons. The first kappa shape index (κ1) is 14.9. The third-order valence-corrected chi connectivity index (χ3v) is 3.84. The van der Waals surface area contributed by atoms with Crippen LogP contribution in [-0.2, 0) is 6.54 Å². The van der Waals surface area contributed by atoms with Crippen molar-refractivity contribution in [1.29, 1.82) is 0 Å². The van der Waals surface area contributed by atoms with Gasteiger partial charge in [-0.15, -0.1) is 0 Å². The van der Waals surface area contributed by atoms with Gasteiger partial charge in [0.2, 0.25) is 0 Å². The number of carbonyl (C=O) groups is 1. The van der Waals surface area contributed by atoms with E-state index in [4.69, 9.17) is 23.2 Å². The van der Waals surface area contributed by atoms with Gasteiger partial charge in [-0.1, -0.05) is 47.5 Å². The largest absolute Gasteiger partial charge is 0.348 e. The third kappa shape index (κ3) is 3.33. The molecule has 0 spiro atoms. The SMILES string of the molecule is Cc1ccc(CNC(=O)c2c(Cl)cccc2Cl)cc1C. The van der Waals surface area contributed by atoms with Gasteiger partial charge >= 0.3 is 0 Å². The molecule has 0 heterocycles. The van der Waals surface area contributed by atoms with Crippen molar-refractivity contribution in [1.82, 2.24) is 5.32 Å². The van der Waals surface area contributed by atoms with Gasteiger partial charge in [-0.25, -0.2) is 0 Å². The molecule has 1 N–H and O–H groups in total. The van der Waals surface area contributed by atoms with Crippen molar-refractivity contribution in [2.45, 2.75) is 20.4 Å². The van der Waals surface area contributed by atoms with Gasteiger partial charge in [-0.05, 0) is 42.7 Å². The lowest BCUT2D eigenvalue weighted by molar-refractivity contribution is 0.0951. The van der Waals surface area contributed by atoms with Crippen LogP contribution in [0.1, 0.15) is 27.0 Å². The normalized spacial score (nSPS) is 10.4. The highest BCUT2D eigenvalue weighted by Gasteiger charge is 2.13. The summed E-state index contributed by atoms with van der Waals surface area (Å²) >= 11 is 12.0. The van der Waals surface area contributed by atoms with Gasteiger partial charge in [0, 0.05) is 6.54 Å². The highest BCUT2D eigenvalue weighted by atomic mass is 35.5. The Morgan fingerprint density at radius 1 is 1.05 bits per heavy atom. The van der Waals surface area contributed by atoms with Gasteiger partial charge in [-0.3, -0.25) is 4.79 Å². The predicted molar refractivity (Wildman–Crippen MR) is 83.5 cm³/mol. The maximum absolute atomic E-state index is 12.1. The average molecular weight is 308 g/mol. The molecule has 0 fully saturated rings.